The number of aryl methyl sites for hydroxylation is 1. The van der Waals surface area contributed by atoms with E-state index < -0.39 is 22.8 Å². The first-order chi connectivity index (χ1) is 11.8. The normalized spacial score (nSPS) is 13.1. The number of nitro groups is 1. The van der Waals surface area contributed by atoms with Crippen LogP contribution in [0.2, 0.25) is 0 Å². The number of nitrogens with one attached hydrogen (secondary N) is 1. The summed E-state index contributed by atoms with van der Waals surface area (Å²) < 4.78 is 12.9. The molecular weight excluding hydrogens is 327 g/mol. The van der Waals surface area contributed by atoms with E-state index in [1.165, 1.54) is 36.4 Å². The smallest absolute Gasteiger partial charge is 0.270 e. The van der Waals surface area contributed by atoms with Crippen LogP contribution in [0.25, 0.3) is 0 Å². The SMILES string of the molecule is Cc1cc(C(=O)NC(C)CC(O)c2ccc(F)cc2)cc([N+](=O)[O-])c1. The lowest BCUT2D eigenvalue weighted by molar-refractivity contribution is -0.384. The number of non-ortho nitro benzene ring substituents is 1. The maximum Gasteiger partial charge on any atom is 0.270 e. The Morgan fingerprint density at radius 1 is 1.28 bits per heavy atom. The summed E-state index contributed by atoms with van der Waals surface area (Å²) in [5.41, 5.74) is 1.20. The quantitative estimate of drug-likeness (QED) is 0.620. The summed E-state index contributed by atoms with van der Waals surface area (Å²) in [5.74, 6) is -0.844. The van der Waals surface area contributed by atoms with Crippen LogP contribution in [-0.2, 0) is 0 Å². The molecule has 2 unspecified atom stereocenters. The monoisotopic (exact) mass is 346 g/mol. The molecule has 0 radical (unpaired) electrons. The predicted octanol–water partition coefficient (Wildman–Crippen LogP) is 3.28. The van der Waals surface area contributed by atoms with Crippen molar-refractivity contribution in [2.75, 3.05) is 0 Å². The molecule has 0 saturated heterocycles. The lowest BCUT2D eigenvalue weighted by Crippen LogP contribution is -2.33. The molecule has 1 amide bonds. The van der Waals surface area contributed by atoms with Gasteiger partial charge in [0.1, 0.15) is 5.82 Å². The largest absolute Gasteiger partial charge is 0.388 e. The van der Waals surface area contributed by atoms with Crippen LogP contribution >= 0.6 is 0 Å². The Balaban J connectivity index is 2.02. The molecule has 0 aliphatic rings. The van der Waals surface area contributed by atoms with Gasteiger partial charge in [-0.15, -0.1) is 0 Å². The fraction of sp³-hybridized carbons (Fsp3) is 0.278. The molecule has 132 valence electrons. The molecule has 2 atom stereocenters. The van der Waals surface area contributed by atoms with Gasteiger partial charge in [-0.1, -0.05) is 12.1 Å². The number of nitrogens with zero attached hydrogens (tertiary/aromatic N) is 1. The Bertz CT molecular complexity index is 777. The Morgan fingerprint density at radius 3 is 2.52 bits per heavy atom. The van der Waals surface area contributed by atoms with Gasteiger partial charge in [-0.2, -0.15) is 0 Å². The first-order valence-electron chi connectivity index (χ1n) is 7.76. The molecule has 0 heterocycles. The van der Waals surface area contributed by atoms with Crippen LogP contribution in [0.3, 0.4) is 0 Å². The fourth-order valence-corrected chi connectivity index (χ4v) is 2.52. The van der Waals surface area contributed by atoms with Crippen LogP contribution in [0.5, 0.6) is 0 Å². The number of rotatable bonds is 6. The highest BCUT2D eigenvalue weighted by Gasteiger charge is 2.17. The van der Waals surface area contributed by atoms with Gasteiger partial charge in [0.05, 0.1) is 11.0 Å². The zero-order valence-electron chi connectivity index (χ0n) is 13.9. The fourth-order valence-electron chi connectivity index (χ4n) is 2.52. The number of aliphatic hydroxyl groups is 1. The molecule has 25 heavy (non-hydrogen) atoms. The Labute approximate surface area is 144 Å². The van der Waals surface area contributed by atoms with E-state index in [-0.39, 0.29) is 23.7 Å². The molecule has 7 heteroatoms. The van der Waals surface area contributed by atoms with Gasteiger partial charge in [-0.3, -0.25) is 14.9 Å². The minimum absolute atomic E-state index is 0.149. The van der Waals surface area contributed by atoms with Gasteiger partial charge in [-0.25, -0.2) is 4.39 Å². The van der Waals surface area contributed by atoms with E-state index in [1.807, 2.05) is 0 Å². The zero-order chi connectivity index (χ0) is 18.6. The van der Waals surface area contributed by atoms with Gasteiger partial charge in [0, 0.05) is 23.7 Å². The molecule has 0 bridgehead atoms. The van der Waals surface area contributed by atoms with Crippen molar-refractivity contribution in [2.24, 2.45) is 0 Å². The number of halogens is 1. The van der Waals surface area contributed by atoms with Crippen molar-refractivity contribution in [3.8, 4) is 0 Å². The van der Waals surface area contributed by atoms with Crippen molar-refractivity contribution >= 4 is 11.6 Å². The van der Waals surface area contributed by atoms with Crippen LogP contribution < -0.4 is 5.32 Å². The summed E-state index contributed by atoms with van der Waals surface area (Å²) in [4.78, 5) is 22.6. The minimum atomic E-state index is -0.859. The molecule has 2 N–H and O–H groups in total. The Morgan fingerprint density at radius 2 is 1.92 bits per heavy atom. The maximum atomic E-state index is 12.9. The number of amides is 1. The number of aliphatic hydroxyl groups excluding tert-OH is 1. The third-order valence-electron chi connectivity index (χ3n) is 3.74. The number of benzene rings is 2. The molecule has 0 fully saturated rings. The third-order valence-corrected chi connectivity index (χ3v) is 3.74. The molecular formula is C18H19FN2O4. The lowest BCUT2D eigenvalue weighted by atomic mass is 10.0. The number of hydrogen-bond donors (Lipinski definition) is 2. The van der Waals surface area contributed by atoms with E-state index in [1.54, 1.807) is 19.9 Å². The summed E-state index contributed by atoms with van der Waals surface area (Å²) in [6.45, 7) is 3.39. The van der Waals surface area contributed by atoms with Crippen molar-refractivity contribution in [3.63, 3.8) is 0 Å². The topological polar surface area (TPSA) is 92.5 Å². The number of nitro benzene ring substituents is 1. The highest BCUT2D eigenvalue weighted by atomic mass is 19.1. The Kier molecular flexibility index (Phi) is 5.82. The number of carbonyl (C=O) groups is 1. The highest BCUT2D eigenvalue weighted by molar-refractivity contribution is 5.95. The molecule has 0 aliphatic carbocycles. The minimum Gasteiger partial charge on any atom is -0.388 e. The summed E-state index contributed by atoms with van der Waals surface area (Å²) in [6.07, 6.45) is -0.631. The van der Waals surface area contributed by atoms with Crippen molar-refractivity contribution in [3.05, 3.63) is 75.1 Å². The summed E-state index contributed by atoms with van der Waals surface area (Å²) >= 11 is 0. The Hall–Kier alpha value is -2.80. The van der Waals surface area contributed by atoms with E-state index in [2.05, 4.69) is 5.32 Å². The van der Waals surface area contributed by atoms with Gasteiger partial charge >= 0.3 is 0 Å². The number of hydrogen-bond acceptors (Lipinski definition) is 4. The summed E-state index contributed by atoms with van der Waals surface area (Å²) in [6, 6.07) is 9.26. The number of carbonyl (C=O) groups excluding carboxylic acids is 1. The van der Waals surface area contributed by atoms with Crippen molar-refractivity contribution < 1.29 is 19.2 Å². The average molecular weight is 346 g/mol. The molecule has 2 aromatic carbocycles. The predicted molar refractivity (Wildman–Crippen MR) is 90.7 cm³/mol. The van der Waals surface area contributed by atoms with Gasteiger partial charge in [0.15, 0.2) is 0 Å². The van der Waals surface area contributed by atoms with Crippen LogP contribution in [0, 0.1) is 22.9 Å². The van der Waals surface area contributed by atoms with E-state index in [4.69, 9.17) is 0 Å². The second kappa shape index (κ2) is 7.85. The van der Waals surface area contributed by atoms with Crippen molar-refractivity contribution in [1.29, 1.82) is 0 Å². The molecule has 0 saturated carbocycles. The van der Waals surface area contributed by atoms with Gasteiger partial charge in [-0.05, 0) is 49.6 Å². The van der Waals surface area contributed by atoms with Gasteiger partial charge in [0.2, 0.25) is 0 Å². The van der Waals surface area contributed by atoms with Crippen molar-refractivity contribution in [2.45, 2.75) is 32.4 Å². The second-order valence-electron chi connectivity index (χ2n) is 5.99. The molecule has 0 aliphatic heterocycles. The average Bonchev–Trinajstić information content (AvgIpc) is 2.54. The molecule has 0 spiro atoms. The molecule has 6 nitrogen and oxygen atoms in total. The van der Waals surface area contributed by atoms with Crippen LogP contribution in [-0.4, -0.2) is 22.0 Å². The van der Waals surface area contributed by atoms with Crippen LogP contribution in [0.15, 0.2) is 42.5 Å². The third kappa shape index (κ3) is 5.09. The summed E-state index contributed by atoms with van der Waals surface area (Å²) in [7, 11) is 0. The summed E-state index contributed by atoms with van der Waals surface area (Å²) in [5, 5.41) is 23.8. The molecule has 0 aromatic heterocycles. The van der Waals surface area contributed by atoms with Gasteiger partial charge < -0.3 is 10.4 Å². The first-order valence-corrected chi connectivity index (χ1v) is 7.76. The highest BCUT2D eigenvalue weighted by Crippen LogP contribution is 2.20. The molecule has 2 aromatic rings. The van der Waals surface area contributed by atoms with E-state index in [0.717, 1.165) is 0 Å². The van der Waals surface area contributed by atoms with E-state index in [0.29, 0.717) is 11.1 Å². The zero-order valence-corrected chi connectivity index (χ0v) is 13.9. The van der Waals surface area contributed by atoms with Crippen LogP contribution in [0.1, 0.15) is 40.9 Å². The first kappa shape index (κ1) is 18.5. The van der Waals surface area contributed by atoms with E-state index >= 15 is 0 Å². The molecule has 2 rings (SSSR count). The van der Waals surface area contributed by atoms with Crippen molar-refractivity contribution in [1.82, 2.24) is 5.32 Å². The maximum absolute atomic E-state index is 12.9. The van der Waals surface area contributed by atoms with Crippen LogP contribution in [0.4, 0.5) is 10.1 Å². The van der Waals surface area contributed by atoms with E-state index in [9.17, 15) is 24.4 Å². The lowest BCUT2D eigenvalue weighted by Gasteiger charge is -2.18. The standard InChI is InChI=1S/C18H19FN2O4/c1-11-7-14(10-16(8-11)21(24)25)18(23)20-12(2)9-17(22)13-3-5-15(19)6-4-13/h3-8,10,12,17,22H,9H2,1-2H3,(H,20,23). The van der Waals surface area contributed by atoms with Gasteiger partial charge in [0.25, 0.3) is 11.6 Å². The second-order valence-corrected chi connectivity index (χ2v) is 5.99.